The van der Waals surface area contributed by atoms with Crippen molar-refractivity contribution < 1.29 is 14.2 Å². The van der Waals surface area contributed by atoms with Crippen molar-refractivity contribution in [1.82, 2.24) is 0 Å². The number of rotatable bonds is 4. The maximum absolute atomic E-state index is 6.58. The second-order valence-corrected chi connectivity index (χ2v) is 8.14. The van der Waals surface area contributed by atoms with Crippen LogP contribution in [-0.4, -0.2) is 30.7 Å². The molecule has 23 heavy (non-hydrogen) atoms. The first-order chi connectivity index (χ1) is 10.8. The Labute approximate surface area is 143 Å². The molecule has 136 valence electrons. The summed E-state index contributed by atoms with van der Waals surface area (Å²) in [6.07, 6.45) is 2.88. The Balaban J connectivity index is 2.11. The zero-order valence-corrected chi connectivity index (χ0v) is 16.4. The predicted molar refractivity (Wildman–Crippen MR) is 94.3 cm³/mol. The van der Waals surface area contributed by atoms with Crippen LogP contribution in [0.2, 0.25) is 0 Å². The zero-order chi connectivity index (χ0) is 17.3. The molecule has 0 aromatic heterocycles. The smallest absolute Gasteiger partial charge is 0.161 e. The lowest BCUT2D eigenvalue weighted by molar-refractivity contribution is -0.299. The first-order valence-corrected chi connectivity index (χ1v) is 9.78. The third-order valence-corrected chi connectivity index (χ3v) is 6.92. The van der Waals surface area contributed by atoms with E-state index in [1.54, 1.807) is 0 Å². The van der Waals surface area contributed by atoms with Crippen LogP contribution in [0.5, 0.6) is 0 Å². The van der Waals surface area contributed by atoms with Crippen molar-refractivity contribution in [2.75, 3.05) is 0 Å². The second kappa shape index (κ2) is 7.84. The highest BCUT2D eigenvalue weighted by Crippen LogP contribution is 2.40. The lowest BCUT2D eigenvalue weighted by Crippen LogP contribution is -2.54. The van der Waals surface area contributed by atoms with Crippen LogP contribution in [0, 0.1) is 29.6 Å². The van der Waals surface area contributed by atoms with E-state index in [1.807, 2.05) is 0 Å². The van der Waals surface area contributed by atoms with E-state index < -0.39 is 0 Å². The maximum atomic E-state index is 6.58. The van der Waals surface area contributed by atoms with Gasteiger partial charge in [0.05, 0.1) is 24.4 Å². The van der Waals surface area contributed by atoms with Gasteiger partial charge in [-0.2, -0.15) is 0 Å². The summed E-state index contributed by atoms with van der Waals surface area (Å²) in [6, 6.07) is 0. The average molecular weight is 327 g/mol. The molecule has 10 atom stereocenters. The molecule has 0 saturated carbocycles. The summed E-state index contributed by atoms with van der Waals surface area (Å²) in [5.74, 6) is 2.65. The number of hydrogen-bond acceptors (Lipinski definition) is 3. The summed E-state index contributed by atoms with van der Waals surface area (Å²) in [7, 11) is 0. The van der Waals surface area contributed by atoms with Crippen LogP contribution in [0.1, 0.15) is 68.2 Å². The Kier molecular flexibility index (Phi) is 6.55. The molecule has 3 nitrogen and oxygen atoms in total. The van der Waals surface area contributed by atoms with Gasteiger partial charge >= 0.3 is 0 Å². The highest BCUT2D eigenvalue weighted by molar-refractivity contribution is 4.89. The van der Waals surface area contributed by atoms with Crippen molar-refractivity contribution in [3.8, 4) is 0 Å². The van der Waals surface area contributed by atoms with Crippen molar-refractivity contribution in [3.63, 3.8) is 0 Å². The molecular weight excluding hydrogens is 288 g/mol. The summed E-state index contributed by atoms with van der Waals surface area (Å²) in [5.41, 5.74) is 0. The molecule has 0 bridgehead atoms. The van der Waals surface area contributed by atoms with E-state index in [1.165, 1.54) is 0 Å². The molecule has 5 unspecified atom stereocenters. The number of ether oxygens (including phenoxy) is 3. The van der Waals surface area contributed by atoms with Gasteiger partial charge < -0.3 is 14.2 Å². The molecule has 2 rings (SSSR count). The largest absolute Gasteiger partial charge is 0.372 e. The Morgan fingerprint density at radius 2 is 1.26 bits per heavy atom. The molecule has 0 aromatic carbocycles. The van der Waals surface area contributed by atoms with Crippen molar-refractivity contribution >= 4 is 0 Å². The fourth-order valence-electron chi connectivity index (χ4n) is 4.35. The molecule has 0 radical (unpaired) electrons. The third-order valence-electron chi connectivity index (χ3n) is 6.92. The average Bonchev–Trinajstić information content (AvgIpc) is 2.55. The highest BCUT2D eigenvalue weighted by Gasteiger charge is 2.45. The van der Waals surface area contributed by atoms with Crippen molar-refractivity contribution in [1.29, 1.82) is 0 Å². The van der Waals surface area contributed by atoms with E-state index in [0.717, 1.165) is 12.8 Å². The molecular formula is C20H38O3. The van der Waals surface area contributed by atoms with E-state index in [4.69, 9.17) is 14.2 Å². The summed E-state index contributed by atoms with van der Waals surface area (Å²) < 4.78 is 19.2. The minimum atomic E-state index is -0.100. The summed E-state index contributed by atoms with van der Waals surface area (Å²) in [6.45, 7) is 18.1. The number of hydrogen-bond donors (Lipinski definition) is 0. The van der Waals surface area contributed by atoms with E-state index in [2.05, 4.69) is 55.4 Å². The van der Waals surface area contributed by atoms with E-state index in [0.29, 0.717) is 41.8 Å². The van der Waals surface area contributed by atoms with Gasteiger partial charge in [0.25, 0.3) is 0 Å². The fraction of sp³-hybridized carbons (Fsp3) is 1.00. The third kappa shape index (κ3) is 3.77. The zero-order valence-electron chi connectivity index (χ0n) is 16.4. The van der Waals surface area contributed by atoms with Gasteiger partial charge in [0.2, 0.25) is 0 Å². The molecule has 0 amide bonds. The van der Waals surface area contributed by atoms with Gasteiger partial charge in [0, 0.05) is 5.92 Å². The SMILES string of the molecule is CCC1O[C@@H](O[C@H]2C(CC)OC(C)C(C)[C@H]2C)C(C)[C@@H](C)[C@H]1C. The van der Waals surface area contributed by atoms with Crippen molar-refractivity contribution in [2.24, 2.45) is 29.6 Å². The molecule has 0 aromatic rings. The van der Waals surface area contributed by atoms with E-state index in [9.17, 15) is 0 Å². The molecule has 0 N–H and O–H groups in total. The predicted octanol–water partition coefficient (Wildman–Crippen LogP) is 4.88. The van der Waals surface area contributed by atoms with Crippen molar-refractivity contribution in [2.45, 2.75) is 98.9 Å². The van der Waals surface area contributed by atoms with Crippen LogP contribution in [0.25, 0.3) is 0 Å². The van der Waals surface area contributed by atoms with Gasteiger partial charge in [-0.3, -0.25) is 0 Å². The molecule has 0 spiro atoms. The first-order valence-electron chi connectivity index (χ1n) is 9.78. The molecule has 2 fully saturated rings. The standard InChI is InChI=1S/C20H38O3/c1-9-17-13(5)11(3)15(7)20(22-17)23-19-14(6)12(4)16(8)21-18(19)10-2/h11-20H,9-10H2,1-8H3/t11-,12?,13+,14+,15?,16?,17?,18?,19+,20-/m0/s1. The van der Waals surface area contributed by atoms with E-state index in [-0.39, 0.29) is 18.5 Å². The Bertz CT molecular complexity index is 368. The fourth-order valence-corrected chi connectivity index (χ4v) is 4.35. The van der Waals surface area contributed by atoms with E-state index >= 15 is 0 Å². The van der Waals surface area contributed by atoms with Gasteiger partial charge in [0.1, 0.15) is 0 Å². The molecule has 2 aliphatic rings. The van der Waals surface area contributed by atoms with Gasteiger partial charge in [-0.1, -0.05) is 48.5 Å². The van der Waals surface area contributed by atoms with Gasteiger partial charge in [-0.15, -0.1) is 0 Å². The molecule has 2 saturated heterocycles. The van der Waals surface area contributed by atoms with Crippen LogP contribution in [0.4, 0.5) is 0 Å². The minimum absolute atomic E-state index is 0.100. The Morgan fingerprint density at radius 3 is 1.83 bits per heavy atom. The molecule has 0 aliphatic carbocycles. The van der Waals surface area contributed by atoms with Crippen molar-refractivity contribution in [3.05, 3.63) is 0 Å². The van der Waals surface area contributed by atoms with Crippen LogP contribution in [0.15, 0.2) is 0 Å². The van der Waals surface area contributed by atoms with Crippen LogP contribution in [0.3, 0.4) is 0 Å². The van der Waals surface area contributed by atoms with Crippen LogP contribution >= 0.6 is 0 Å². The topological polar surface area (TPSA) is 27.7 Å². The van der Waals surface area contributed by atoms with Gasteiger partial charge in [0.15, 0.2) is 6.29 Å². The lowest BCUT2D eigenvalue weighted by atomic mass is 9.77. The van der Waals surface area contributed by atoms with Gasteiger partial charge in [-0.25, -0.2) is 0 Å². The van der Waals surface area contributed by atoms with Crippen LogP contribution in [-0.2, 0) is 14.2 Å². The minimum Gasteiger partial charge on any atom is -0.372 e. The maximum Gasteiger partial charge on any atom is 0.161 e. The molecule has 3 heteroatoms. The first kappa shape index (κ1) is 19.2. The van der Waals surface area contributed by atoms with Crippen LogP contribution < -0.4 is 0 Å². The Hall–Kier alpha value is -0.120. The normalized spacial score (nSPS) is 51.7. The summed E-state index contributed by atoms with van der Waals surface area (Å²) >= 11 is 0. The quantitative estimate of drug-likeness (QED) is 0.736. The molecule has 2 heterocycles. The second-order valence-electron chi connectivity index (χ2n) is 8.14. The highest BCUT2D eigenvalue weighted by atomic mass is 16.7. The monoisotopic (exact) mass is 326 g/mol. The molecule has 2 aliphatic heterocycles. The Morgan fingerprint density at radius 1 is 0.652 bits per heavy atom. The summed E-state index contributed by atoms with van der Waals surface area (Å²) in [4.78, 5) is 0. The lowest BCUT2D eigenvalue weighted by Gasteiger charge is -2.48. The van der Waals surface area contributed by atoms with Gasteiger partial charge in [-0.05, 0) is 43.4 Å². The summed E-state index contributed by atoms with van der Waals surface area (Å²) in [5, 5.41) is 0.